The van der Waals surface area contributed by atoms with Crippen LogP contribution < -0.4 is 20.4 Å². The lowest BCUT2D eigenvalue weighted by molar-refractivity contribution is 0.444. The molecule has 0 spiro atoms. The lowest BCUT2D eigenvalue weighted by Gasteiger charge is -2.36. The Hall–Kier alpha value is -1.63. The summed E-state index contributed by atoms with van der Waals surface area (Å²) in [6.07, 6.45) is 6.26. The summed E-state index contributed by atoms with van der Waals surface area (Å²) >= 11 is 5.25. The Bertz CT molecular complexity index is 607. The van der Waals surface area contributed by atoms with E-state index in [1.165, 1.54) is 32.1 Å². The van der Waals surface area contributed by atoms with Crippen molar-refractivity contribution in [1.29, 1.82) is 0 Å². The molecule has 3 rings (SSSR count). The number of piperidine rings is 2. The Morgan fingerprint density at radius 2 is 1.92 bits per heavy atom. The molecule has 2 fully saturated rings. The number of hydrogen-bond donors (Lipinski definition) is 2. The van der Waals surface area contributed by atoms with Gasteiger partial charge in [0.25, 0.3) is 0 Å². The highest BCUT2D eigenvalue weighted by molar-refractivity contribution is 7.80. The molecule has 0 bridgehead atoms. The Balaban J connectivity index is 1.91. The predicted molar refractivity (Wildman–Crippen MR) is 109 cm³/mol. The molecule has 2 atom stereocenters. The van der Waals surface area contributed by atoms with Crippen molar-refractivity contribution in [3.05, 3.63) is 6.07 Å². The molecule has 2 unspecified atom stereocenters. The Morgan fingerprint density at radius 3 is 2.64 bits per heavy atom. The van der Waals surface area contributed by atoms with Crippen LogP contribution in [0, 0.1) is 5.92 Å². The van der Waals surface area contributed by atoms with Gasteiger partial charge in [-0.1, -0.05) is 6.92 Å². The average molecular weight is 363 g/mol. The summed E-state index contributed by atoms with van der Waals surface area (Å²) in [5.41, 5.74) is 0. The summed E-state index contributed by atoms with van der Waals surface area (Å²) in [7, 11) is 1.80. The molecular formula is C18H30N6S. The molecule has 2 N–H and O–H groups in total. The minimum Gasteiger partial charge on any atom is -0.365 e. The van der Waals surface area contributed by atoms with Gasteiger partial charge in [-0.05, 0) is 57.2 Å². The van der Waals surface area contributed by atoms with Gasteiger partial charge < -0.3 is 20.4 Å². The molecule has 25 heavy (non-hydrogen) atoms. The maximum Gasteiger partial charge on any atom is 0.232 e. The minimum atomic E-state index is 0.515. The molecule has 2 saturated heterocycles. The summed E-state index contributed by atoms with van der Waals surface area (Å²) in [5.74, 6) is 3.31. The molecule has 3 heterocycles. The second-order valence-corrected chi connectivity index (χ2v) is 7.75. The molecule has 0 aliphatic carbocycles. The van der Waals surface area contributed by atoms with Crippen LogP contribution in [-0.4, -0.2) is 47.8 Å². The lowest BCUT2D eigenvalue weighted by Crippen LogP contribution is -2.39. The van der Waals surface area contributed by atoms with Crippen LogP contribution in [0.5, 0.6) is 0 Å². The van der Waals surface area contributed by atoms with E-state index < -0.39 is 0 Å². The van der Waals surface area contributed by atoms with E-state index >= 15 is 0 Å². The van der Waals surface area contributed by atoms with E-state index in [0.29, 0.717) is 23.0 Å². The quantitative estimate of drug-likeness (QED) is 0.802. The van der Waals surface area contributed by atoms with Gasteiger partial charge in [-0.25, -0.2) is 0 Å². The lowest BCUT2D eigenvalue weighted by atomic mass is 10.0. The zero-order chi connectivity index (χ0) is 17.8. The van der Waals surface area contributed by atoms with Gasteiger partial charge in [-0.3, -0.25) is 0 Å². The molecule has 1 aromatic rings. The van der Waals surface area contributed by atoms with Crippen molar-refractivity contribution in [2.75, 3.05) is 41.8 Å². The van der Waals surface area contributed by atoms with Crippen molar-refractivity contribution in [3.63, 3.8) is 0 Å². The van der Waals surface area contributed by atoms with Crippen LogP contribution in [0.4, 0.5) is 17.6 Å². The number of rotatable bonds is 3. The smallest absolute Gasteiger partial charge is 0.232 e. The summed E-state index contributed by atoms with van der Waals surface area (Å²) in [5, 5.41) is 6.61. The van der Waals surface area contributed by atoms with E-state index in [0.717, 1.165) is 31.3 Å². The van der Waals surface area contributed by atoms with Gasteiger partial charge in [0, 0.05) is 38.8 Å². The number of nitrogens with one attached hydrogen (secondary N) is 2. The molecule has 0 amide bonds. The van der Waals surface area contributed by atoms with Crippen LogP contribution in [0.25, 0.3) is 0 Å². The standard InChI is InChI=1S/C18H30N6S/c1-13-7-6-9-23(12-13)15-11-16(24-10-5-4-8-14(24)2)21-17(20-15)22-18(25)19-3/h11,13-14H,4-10,12H2,1-3H3,(H2,19,20,21,22,25). The predicted octanol–water partition coefficient (Wildman–Crippen LogP) is 3.01. The molecule has 2 aliphatic heterocycles. The summed E-state index contributed by atoms with van der Waals surface area (Å²) in [6.45, 7) is 7.78. The van der Waals surface area contributed by atoms with Crippen LogP contribution in [0.2, 0.25) is 0 Å². The Labute approximate surface area is 156 Å². The van der Waals surface area contributed by atoms with Crippen molar-refractivity contribution < 1.29 is 0 Å². The first kappa shape index (κ1) is 18.2. The molecule has 6 nitrogen and oxygen atoms in total. The van der Waals surface area contributed by atoms with Crippen LogP contribution in [0.15, 0.2) is 6.07 Å². The van der Waals surface area contributed by atoms with Crippen molar-refractivity contribution >= 4 is 34.9 Å². The highest BCUT2D eigenvalue weighted by atomic mass is 32.1. The molecule has 7 heteroatoms. The molecule has 1 aromatic heterocycles. The Kier molecular flexibility index (Phi) is 5.93. The Morgan fingerprint density at radius 1 is 1.12 bits per heavy atom. The molecule has 0 radical (unpaired) electrons. The summed E-state index contributed by atoms with van der Waals surface area (Å²) in [6, 6.07) is 2.67. The molecule has 2 aliphatic rings. The SMILES string of the molecule is CNC(=S)Nc1nc(N2CCCC(C)C2)cc(N2CCCCC2C)n1. The first-order valence-corrected chi connectivity index (χ1v) is 9.87. The van der Waals surface area contributed by atoms with Crippen LogP contribution in [0.1, 0.15) is 46.0 Å². The number of anilines is 3. The second-order valence-electron chi connectivity index (χ2n) is 7.34. The van der Waals surface area contributed by atoms with E-state index in [2.05, 4.69) is 40.3 Å². The fourth-order valence-electron chi connectivity index (χ4n) is 3.79. The monoisotopic (exact) mass is 362 g/mol. The largest absolute Gasteiger partial charge is 0.365 e. The van der Waals surface area contributed by atoms with Crippen molar-refractivity contribution in [3.8, 4) is 0 Å². The highest BCUT2D eigenvalue weighted by Gasteiger charge is 2.24. The van der Waals surface area contributed by atoms with E-state index in [1.54, 1.807) is 7.05 Å². The van der Waals surface area contributed by atoms with Gasteiger partial charge in [-0.15, -0.1) is 0 Å². The first-order chi connectivity index (χ1) is 12.1. The normalized spacial score (nSPS) is 24.1. The molecule has 138 valence electrons. The third-order valence-corrected chi connectivity index (χ3v) is 5.54. The van der Waals surface area contributed by atoms with Crippen LogP contribution in [0.3, 0.4) is 0 Å². The third kappa shape index (κ3) is 4.51. The van der Waals surface area contributed by atoms with E-state index in [1.807, 2.05) is 0 Å². The van der Waals surface area contributed by atoms with Gasteiger partial charge in [0.2, 0.25) is 5.95 Å². The number of nitrogens with zero attached hydrogens (tertiary/aromatic N) is 4. The van der Waals surface area contributed by atoms with Crippen molar-refractivity contribution in [2.24, 2.45) is 5.92 Å². The number of hydrogen-bond acceptors (Lipinski definition) is 5. The van der Waals surface area contributed by atoms with Gasteiger partial charge in [0.15, 0.2) is 5.11 Å². The van der Waals surface area contributed by atoms with Crippen LogP contribution >= 0.6 is 12.2 Å². The second kappa shape index (κ2) is 8.17. The molecular weight excluding hydrogens is 332 g/mol. The van der Waals surface area contributed by atoms with E-state index in [-0.39, 0.29) is 0 Å². The minimum absolute atomic E-state index is 0.515. The fraction of sp³-hybridized carbons (Fsp3) is 0.722. The van der Waals surface area contributed by atoms with Gasteiger partial charge in [0.05, 0.1) is 0 Å². The third-order valence-electron chi connectivity index (χ3n) is 5.23. The number of aromatic nitrogens is 2. The van der Waals surface area contributed by atoms with Crippen molar-refractivity contribution in [2.45, 2.75) is 52.0 Å². The maximum absolute atomic E-state index is 5.25. The fourth-order valence-corrected chi connectivity index (χ4v) is 3.88. The number of thiocarbonyl (C=S) groups is 1. The summed E-state index contributed by atoms with van der Waals surface area (Å²) < 4.78 is 0. The molecule has 0 saturated carbocycles. The van der Waals surface area contributed by atoms with Crippen LogP contribution in [-0.2, 0) is 0 Å². The maximum atomic E-state index is 5.25. The van der Waals surface area contributed by atoms with Gasteiger partial charge >= 0.3 is 0 Å². The van der Waals surface area contributed by atoms with E-state index in [4.69, 9.17) is 22.2 Å². The van der Waals surface area contributed by atoms with Gasteiger partial charge in [0.1, 0.15) is 11.6 Å². The van der Waals surface area contributed by atoms with E-state index in [9.17, 15) is 0 Å². The first-order valence-electron chi connectivity index (χ1n) is 9.46. The zero-order valence-corrected chi connectivity index (χ0v) is 16.4. The van der Waals surface area contributed by atoms with Gasteiger partial charge in [-0.2, -0.15) is 9.97 Å². The zero-order valence-electron chi connectivity index (χ0n) is 15.6. The topological polar surface area (TPSA) is 56.3 Å². The highest BCUT2D eigenvalue weighted by Crippen LogP contribution is 2.29. The average Bonchev–Trinajstić information content (AvgIpc) is 2.61. The molecule has 0 aromatic carbocycles. The van der Waals surface area contributed by atoms with Crippen molar-refractivity contribution in [1.82, 2.24) is 15.3 Å². The summed E-state index contributed by atoms with van der Waals surface area (Å²) in [4.78, 5) is 14.3.